The number of aryl methyl sites for hydroxylation is 1. The van der Waals surface area contributed by atoms with Crippen molar-refractivity contribution in [3.8, 4) is 0 Å². The standard InChI is InChI=1S/C11H15BrFNO3S/c1-7-4-10(13)9(12)5-11(7)18(16,17)14(3)6-8(2)15/h4-5,8,15H,6H2,1-3H3/t8-/m0/s1. The van der Waals surface area contributed by atoms with Crippen LogP contribution < -0.4 is 0 Å². The molecule has 0 bridgehead atoms. The van der Waals surface area contributed by atoms with Crippen molar-refractivity contribution in [3.63, 3.8) is 0 Å². The Hall–Kier alpha value is -0.500. The van der Waals surface area contributed by atoms with E-state index in [-0.39, 0.29) is 15.9 Å². The minimum absolute atomic E-state index is 0.0171. The first kappa shape index (κ1) is 15.6. The lowest BCUT2D eigenvalue weighted by Crippen LogP contribution is -2.33. The van der Waals surface area contributed by atoms with Gasteiger partial charge >= 0.3 is 0 Å². The summed E-state index contributed by atoms with van der Waals surface area (Å²) < 4.78 is 38.9. The molecular formula is C11H15BrFNO3S. The van der Waals surface area contributed by atoms with E-state index in [9.17, 15) is 17.9 Å². The Kier molecular flexibility index (Phi) is 4.88. The molecule has 0 unspecified atom stereocenters. The zero-order chi connectivity index (χ0) is 14.1. The van der Waals surface area contributed by atoms with E-state index in [1.54, 1.807) is 0 Å². The molecule has 0 radical (unpaired) electrons. The maximum Gasteiger partial charge on any atom is 0.243 e. The number of likely N-dealkylation sites (N-methyl/N-ethyl adjacent to an activating group) is 1. The predicted molar refractivity (Wildman–Crippen MR) is 70.3 cm³/mol. The lowest BCUT2D eigenvalue weighted by atomic mass is 10.2. The minimum atomic E-state index is -3.73. The van der Waals surface area contributed by atoms with E-state index in [4.69, 9.17) is 0 Å². The molecule has 0 aliphatic carbocycles. The van der Waals surface area contributed by atoms with E-state index in [2.05, 4.69) is 15.9 Å². The molecular weight excluding hydrogens is 325 g/mol. The Bertz CT molecular complexity index is 545. The van der Waals surface area contributed by atoms with Crippen LogP contribution in [-0.2, 0) is 10.0 Å². The van der Waals surface area contributed by atoms with Crippen molar-refractivity contribution < 1.29 is 17.9 Å². The first-order chi connectivity index (χ1) is 8.16. The average molecular weight is 340 g/mol. The summed E-state index contributed by atoms with van der Waals surface area (Å²) in [6, 6.07) is 2.39. The summed E-state index contributed by atoms with van der Waals surface area (Å²) >= 11 is 2.97. The molecule has 0 heterocycles. The number of aliphatic hydroxyl groups excluding tert-OH is 1. The lowest BCUT2D eigenvalue weighted by Gasteiger charge is -2.20. The maximum absolute atomic E-state index is 13.3. The SMILES string of the molecule is Cc1cc(F)c(Br)cc1S(=O)(=O)N(C)C[C@H](C)O. The number of aliphatic hydroxyl groups is 1. The van der Waals surface area contributed by atoms with Gasteiger partial charge in [-0.05, 0) is 47.5 Å². The van der Waals surface area contributed by atoms with Gasteiger partial charge in [-0.3, -0.25) is 0 Å². The fourth-order valence-corrected chi connectivity index (χ4v) is 3.52. The second-order valence-electron chi connectivity index (χ2n) is 4.17. The number of hydrogen-bond donors (Lipinski definition) is 1. The van der Waals surface area contributed by atoms with Crippen LogP contribution in [-0.4, -0.2) is 37.5 Å². The number of sulfonamides is 1. The van der Waals surface area contributed by atoms with Crippen LogP contribution in [0.15, 0.2) is 21.5 Å². The molecule has 4 nitrogen and oxygen atoms in total. The summed E-state index contributed by atoms with van der Waals surface area (Å²) in [5.74, 6) is -0.510. The first-order valence-corrected chi connectivity index (χ1v) is 7.49. The first-order valence-electron chi connectivity index (χ1n) is 5.26. The van der Waals surface area contributed by atoms with E-state index in [0.29, 0.717) is 5.56 Å². The van der Waals surface area contributed by atoms with E-state index < -0.39 is 21.9 Å². The molecule has 0 saturated heterocycles. The van der Waals surface area contributed by atoms with Gasteiger partial charge in [0.1, 0.15) is 5.82 Å². The van der Waals surface area contributed by atoms with Gasteiger partial charge in [0.2, 0.25) is 10.0 Å². The van der Waals surface area contributed by atoms with Gasteiger partial charge in [0, 0.05) is 13.6 Å². The zero-order valence-corrected chi connectivity index (χ0v) is 12.7. The van der Waals surface area contributed by atoms with E-state index in [1.807, 2.05) is 0 Å². The summed E-state index contributed by atoms with van der Waals surface area (Å²) in [6.45, 7) is 3.01. The molecule has 18 heavy (non-hydrogen) atoms. The van der Waals surface area contributed by atoms with Crippen LogP contribution >= 0.6 is 15.9 Å². The summed E-state index contributed by atoms with van der Waals surface area (Å²) in [7, 11) is -2.35. The summed E-state index contributed by atoms with van der Waals surface area (Å²) in [5, 5.41) is 9.23. The highest BCUT2D eigenvalue weighted by atomic mass is 79.9. The smallest absolute Gasteiger partial charge is 0.243 e. The van der Waals surface area contributed by atoms with Crippen LogP contribution in [0.3, 0.4) is 0 Å². The normalized spacial score (nSPS) is 13.9. The summed E-state index contributed by atoms with van der Waals surface area (Å²) in [6.07, 6.45) is -0.769. The molecule has 0 fully saturated rings. The van der Waals surface area contributed by atoms with Gasteiger partial charge in [0.25, 0.3) is 0 Å². The van der Waals surface area contributed by atoms with Crippen molar-refractivity contribution in [1.29, 1.82) is 0 Å². The van der Waals surface area contributed by atoms with Crippen molar-refractivity contribution in [2.24, 2.45) is 0 Å². The molecule has 1 aromatic rings. The molecule has 1 aromatic carbocycles. The Morgan fingerprint density at radius 3 is 2.56 bits per heavy atom. The van der Waals surface area contributed by atoms with E-state index >= 15 is 0 Å². The maximum atomic E-state index is 13.3. The van der Waals surface area contributed by atoms with Gasteiger partial charge in [-0.2, -0.15) is 4.31 Å². The molecule has 0 aliphatic rings. The van der Waals surface area contributed by atoms with E-state index in [0.717, 1.165) is 10.4 Å². The number of nitrogens with zero attached hydrogens (tertiary/aromatic N) is 1. The third kappa shape index (κ3) is 3.28. The Labute approximate surface area is 115 Å². The summed E-state index contributed by atoms with van der Waals surface area (Å²) in [5.41, 5.74) is 0.327. The quantitative estimate of drug-likeness (QED) is 0.911. The number of halogens is 2. The zero-order valence-electron chi connectivity index (χ0n) is 10.3. The van der Waals surface area contributed by atoms with Gasteiger partial charge in [0.05, 0.1) is 15.5 Å². The van der Waals surface area contributed by atoms with Crippen LogP contribution in [0.25, 0.3) is 0 Å². The van der Waals surface area contributed by atoms with Crippen molar-refractivity contribution in [2.75, 3.05) is 13.6 Å². The third-order valence-electron chi connectivity index (χ3n) is 2.43. The van der Waals surface area contributed by atoms with Gasteiger partial charge < -0.3 is 5.11 Å². The summed E-state index contributed by atoms with van der Waals surface area (Å²) in [4.78, 5) is 0.0268. The van der Waals surface area contributed by atoms with Gasteiger partial charge in [-0.1, -0.05) is 0 Å². The second-order valence-corrected chi connectivity index (χ2v) is 7.03. The molecule has 7 heteroatoms. The van der Waals surface area contributed by atoms with Crippen molar-refractivity contribution in [2.45, 2.75) is 24.8 Å². The third-order valence-corrected chi connectivity index (χ3v) is 5.00. The molecule has 0 amide bonds. The molecule has 0 saturated carbocycles. The van der Waals surface area contributed by atoms with Crippen molar-refractivity contribution in [3.05, 3.63) is 28.0 Å². The highest BCUT2D eigenvalue weighted by molar-refractivity contribution is 9.10. The molecule has 1 N–H and O–H groups in total. The van der Waals surface area contributed by atoms with Crippen LogP contribution in [0.5, 0.6) is 0 Å². The van der Waals surface area contributed by atoms with Crippen molar-refractivity contribution in [1.82, 2.24) is 4.31 Å². The number of rotatable bonds is 4. The second kappa shape index (κ2) is 5.64. The van der Waals surface area contributed by atoms with Crippen LogP contribution in [0, 0.1) is 12.7 Å². The molecule has 1 rings (SSSR count). The topological polar surface area (TPSA) is 57.6 Å². The Morgan fingerprint density at radius 2 is 2.06 bits per heavy atom. The molecule has 0 aromatic heterocycles. The van der Waals surface area contributed by atoms with Crippen LogP contribution in [0.4, 0.5) is 4.39 Å². The van der Waals surface area contributed by atoms with Crippen LogP contribution in [0.1, 0.15) is 12.5 Å². The Balaban J connectivity index is 3.24. The van der Waals surface area contributed by atoms with E-state index in [1.165, 1.54) is 27.0 Å². The molecule has 102 valence electrons. The molecule has 0 aliphatic heterocycles. The van der Waals surface area contributed by atoms with Gasteiger partial charge in [0.15, 0.2) is 0 Å². The molecule has 0 spiro atoms. The highest BCUT2D eigenvalue weighted by Gasteiger charge is 2.24. The van der Waals surface area contributed by atoms with Crippen molar-refractivity contribution >= 4 is 26.0 Å². The fraction of sp³-hybridized carbons (Fsp3) is 0.455. The minimum Gasteiger partial charge on any atom is -0.392 e. The average Bonchev–Trinajstić information content (AvgIpc) is 2.22. The highest BCUT2D eigenvalue weighted by Crippen LogP contribution is 2.25. The lowest BCUT2D eigenvalue weighted by molar-refractivity contribution is 0.171. The number of benzene rings is 1. The fourth-order valence-electron chi connectivity index (χ4n) is 1.54. The molecule has 1 atom stereocenters. The largest absolute Gasteiger partial charge is 0.392 e. The van der Waals surface area contributed by atoms with Crippen LogP contribution in [0.2, 0.25) is 0 Å². The van der Waals surface area contributed by atoms with Gasteiger partial charge in [-0.15, -0.1) is 0 Å². The van der Waals surface area contributed by atoms with Gasteiger partial charge in [-0.25, -0.2) is 12.8 Å². The predicted octanol–water partition coefficient (Wildman–Crippen LogP) is 1.90. The Morgan fingerprint density at radius 1 is 1.50 bits per heavy atom. The monoisotopic (exact) mass is 339 g/mol. The number of hydrogen-bond acceptors (Lipinski definition) is 3.